The van der Waals surface area contributed by atoms with Gasteiger partial charge < -0.3 is 15.2 Å². The maximum absolute atomic E-state index is 10.9. The van der Waals surface area contributed by atoms with Crippen molar-refractivity contribution in [3.63, 3.8) is 0 Å². The van der Waals surface area contributed by atoms with Gasteiger partial charge in [-0.3, -0.25) is 4.99 Å². The fraction of sp³-hybridized carbons (Fsp3) is 0.600. The van der Waals surface area contributed by atoms with Gasteiger partial charge in [-0.25, -0.2) is 4.79 Å². The highest BCUT2D eigenvalue weighted by atomic mass is 16.5. The van der Waals surface area contributed by atoms with Gasteiger partial charge in [0.1, 0.15) is 0 Å². The van der Waals surface area contributed by atoms with Crippen LogP contribution in [0.2, 0.25) is 0 Å². The Balaban J connectivity index is 0. The van der Waals surface area contributed by atoms with Crippen molar-refractivity contribution in [3.05, 3.63) is 11.8 Å². The summed E-state index contributed by atoms with van der Waals surface area (Å²) in [6.07, 6.45) is 2.52. The van der Waals surface area contributed by atoms with E-state index in [-0.39, 0.29) is 5.57 Å². The first-order valence-corrected chi connectivity index (χ1v) is 4.75. The molecule has 0 aliphatic heterocycles. The second kappa shape index (κ2) is 12.6. The quantitative estimate of drug-likeness (QED) is 0.318. The van der Waals surface area contributed by atoms with E-state index >= 15 is 0 Å². The highest BCUT2D eigenvalue weighted by molar-refractivity contribution is 6.09. The van der Waals surface area contributed by atoms with E-state index in [1.807, 2.05) is 13.8 Å². The number of carbonyl (C=O) groups is 1. The zero-order valence-electron chi connectivity index (χ0n) is 9.82. The van der Waals surface area contributed by atoms with Crippen molar-refractivity contribution >= 4 is 12.2 Å². The van der Waals surface area contributed by atoms with Crippen molar-refractivity contribution in [2.75, 3.05) is 27.4 Å². The van der Waals surface area contributed by atoms with E-state index in [9.17, 15) is 4.79 Å². The molecule has 0 bridgehead atoms. The Kier molecular flexibility index (Phi) is 13.6. The summed E-state index contributed by atoms with van der Waals surface area (Å²) in [5.74, 6) is -0.497. The molecule has 15 heavy (non-hydrogen) atoms. The van der Waals surface area contributed by atoms with Crippen LogP contribution < -0.4 is 5.73 Å². The van der Waals surface area contributed by atoms with Gasteiger partial charge in [-0.15, -0.1) is 0 Å². The summed E-state index contributed by atoms with van der Waals surface area (Å²) in [7, 11) is 2.87. The minimum Gasteiger partial charge on any atom is -0.465 e. The van der Waals surface area contributed by atoms with Crippen LogP contribution in [0.4, 0.5) is 0 Å². The van der Waals surface area contributed by atoms with Crippen LogP contribution in [0.15, 0.2) is 16.8 Å². The number of hydrogen-bond acceptors (Lipinski definition) is 5. The second-order valence-electron chi connectivity index (χ2n) is 2.14. The minimum absolute atomic E-state index is 0.235. The zero-order chi connectivity index (χ0) is 12.1. The molecule has 0 unspecified atom stereocenters. The van der Waals surface area contributed by atoms with E-state index in [0.717, 1.165) is 6.20 Å². The van der Waals surface area contributed by atoms with Crippen LogP contribution in [-0.4, -0.2) is 39.6 Å². The Labute approximate surface area is 91.0 Å². The zero-order valence-corrected chi connectivity index (χ0v) is 9.82. The van der Waals surface area contributed by atoms with Crippen molar-refractivity contribution in [3.8, 4) is 0 Å². The third-order valence-electron chi connectivity index (χ3n) is 1.26. The fourth-order valence-corrected chi connectivity index (χ4v) is 0.589. The molecule has 0 atom stereocenters. The molecule has 0 saturated heterocycles. The molecule has 0 fully saturated rings. The monoisotopic (exact) mass is 216 g/mol. The lowest BCUT2D eigenvalue weighted by molar-refractivity contribution is -0.135. The lowest BCUT2D eigenvalue weighted by atomic mass is 10.3. The average molecular weight is 216 g/mol. The van der Waals surface area contributed by atoms with Gasteiger partial charge in [0.15, 0.2) is 0 Å². The first kappa shape index (κ1) is 16.1. The number of methoxy groups -OCH3 is 2. The van der Waals surface area contributed by atoms with E-state index in [0.29, 0.717) is 13.2 Å². The maximum atomic E-state index is 10.9. The summed E-state index contributed by atoms with van der Waals surface area (Å²) in [5.41, 5.74) is 5.41. The van der Waals surface area contributed by atoms with Crippen molar-refractivity contribution in [2.24, 2.45) is 10.7 Å². The predicted molar refractivity (Wildman–Crippen MR) is 60.9 cm³/mol. The topological polar surface area (TPSA) is 73.9 Å². The summed E-state index contributed by atoms with van der Waals surface area (Å²) < 4.78 is 9.21. The molecule has 0 spiro atoms. The van der Waals surface area contributed by atoms with Crippen LogP contribution in [0.25, 0.3) is 0 Å². The lowest BCUT2D eigenvalue weighted by Gasteiger charge is -1.97. The number of hydrogen-bond donors (Lipinski definition) is 1. The van der Waals surface area contributed by atoms with Gasteiger partial charge in [0.25, 0.3) is 0 Å². The van der Waals surface area contributed by atoms with E-state index in [4.69, 9.17) is 10.5 Å². The van der Waals surface area contributed by atoms with Crippen LogP contribution in [0.1, 0.15) is 13.8 Å². The van der Waals surface area contributed by atoms with Gasteiger partial charge >= 0.3 is 5.97 Å². The highest BCUT2D eigenvalue weighted by Crippen LogP contribution is 1.91. The van der Waals surface area contributed by atoms with Gasteiger partial charge in [0, 0.05) is 19.5 Å². The lowest BCUT2D eigenvalue weighted by Crippen LogP contribution is -2.08. The smallest absolute Gasteiger partial charge is 0.340 e. The predicted octanol–water partition coefficient (Wildman–Crippen LogP) is 0.745. The molecule has 2 N–H and O–H groups in total. The molecule has 5 heteroatoms. The highest BCUT2D eigenvalue weighted by Gasteiger charge is 2.04. The van der Waals surface area contributed by atoms with Crippen LogP contribution in [-0.2, 0) is 14.3 Å². The molecule has 5 nitrogen and oxygen atoms in total. The van der Waals surface area contributed by atoms with Gasteiger partial charge in [0.2, 0.25) is 0 Å². The molecular formula is C10H20N2O3. The number of carbonyl (C=O) groups excluding carboxylic acids is 1. The molecule has 0 heterocycles. The molecule has 0 aliphatic carbocycles. The molecule has 0 aromatic rings. The summed E-state index contributed by atoms with van der Waals surface area (Å²) in [6.45, 7) is 5.00. The molecular weight excluding hydrogens is 196 g/mol. The molecule has 0 radical (unpaired) electrons. The van der Waals surface area contributed by atoms with E-state index in [1.54, 1.807) is 7.11 Å². The number of rotatable bonds is 5. The first-order chi connectivity index (χ1) is 7.26. The number of aliphatic imine (C=N–C) groups is 1. The molecule has 88 valence electrons. The van der Waals surface area contributed by atoms with Crippen LogP contribution >= 0.6 is 0 Å². The number of nitrogens with zero attached hydrogens (tertiary/aromatic N) is 1. The Morgan fingerprint density at radius 1 is 1.40 bits per heavy atom. The molecule has 0 rings (SSSR count). The van der Waals surface area contributed by atoms with Gasteiger partial charge in [-0.05, 0) is 0 Å². The largest absolute Gasteiger partial charge is 0.465 e. The summed E-state index contributed by atoms with van der Waals surface area (Å²) in [6, 6.07) is 0. The Morgan fingerprint density at radius 2 is 2.00 bits per heavy atom. The van der Waals surface area contributed by atoms with Crippen molar-refractivity contribution in [2.45, 2.75) is 13.8 Å². The minimum atomic E-state index is -0.497. The first-order valence-electron chi connectivity index (χ1n) is 4.75. The third-order valence-corrected chi connectivity index (χ3v) is 1.26. The van der Waals surface area contributed by atoms with Crippen LogP contribution in [0, 0.1) is 0 Å². The van der Waals surface area contributed by atoms with Gasteiger partial charge in [-0.2, -0.15) is 0 Å². The summed E-state index contributed by atoms with van der Waals surface area (Å²) in [5, 5.41) is 0. The maximum Gasteiger partial charge on any atom is 0.340 e. The fourth-order valence-electron chi connectivity index (χ4n) is 0.589. The van der Waals surface area contributed by atoms with Crippen LogP contribution in [0.3, 0.4) is 0 Å². The average Bonchev–Trinajstić information content (AvgIpc) is 2.31. The number of nitrogens with two attached hydrogens (primary N) is 1. The Morgan fingerprint density at radius 3 is 2.40 bits per heavy atom. The number of esters is 1. The van der Waals surface area contributed by atoms with Crippen molar-refractivity contribution < 1.29 is 14.3 Å². The number of ether oxygens (including phenoxy) is 2. The second-order valence-corrected chi connectivity index (χ2v) is 2.14. The summed E-state index contributed by atoms with van der Waals surface area (Å²) in [4.78, 5) is 14.8. The van der Waals surface area contributed by atoms with Crippen LogP contribution in [0.5, 0.6) is 0 Å². The van der Waals surface area contributed by atoms with Crippen molar-refractivity contribution in [1.82, 2.24) is 0 Å². The molecule has 0 aromatic carbocycles. The van der Waals surface area contributed by atoms with Gasteiger partial charge in [-0.1, -0.05) is 13.8 Å². The Bertz CT molecular complexity index is 213. The van der Waals surface area contributed by atoms with E-state index in [1.165, 1.54) is 13.3 Å². The van der Waals surface area contributed by atoms with Crippen molar-refractivity contribution in [1.29, 1.82) is 0 Å². The standard InChI is InChI=1S/C8H14N2O3.C2H6/c1-12-4-3-10-6-7(5-9)8(11)13-2;1-2/h5-6H,3-4,9H2,1-2H3;1-2H3/b7-5+,10-6?;. The SMILES string of the molecule is CC.COCCN=C/C(=C\N)C(=O)OC. The molecule has 0 amide bonds. The van der Waals surface area contributed by atoms with Gasteiger partial charge in [0.05, 0.1) is 25.8 Å². The summed E-state index contributed by atoms with van der Waals surface area (Å²) >= 11 is 0. The molecule has 0 aliphatic rings. The molecule has 0 aromatic heterocycles. The molecule has 0 saturated carbocycles. The van der Waals surface area contributed by atoms with E-state index in [2.05, 4.69) is 9.73 Å². The Hall–Kier alpha value is -1.36. The van der Waals surface area contributed by atoms with E-state index < -0.39 is 5.97 Å². The third kappa shape index (κ3) is 8.96. The normalized spacial score (nSPS) is 10.8.